The molecule has 0 unspecified atom stereocenters. The van der Waals surface area contributed by atoms with Crippen molar-refractivity contribution in [2.24, 2.45) is 11.0 Å². The lowest BCUT2D eigenvalue weighted by atomic mass is 9.88. The summed E-state index contributed by atoms with van der Waals surface area (Å²) in [5, 5.41) is 18.0. The van der Waals surface area contributed by atoms with Crippen molar-refractivity contribution in [1.82, 2.24) is 5.43 Å². The number of nitrogens with zero attached hydrogens (tertiary/aromatic N) is 2. The maximum Gasteiger partial charge on any atom is 0.272 e. The number of carbonyl (C=O) groups is 2. The van der Waals surface area contributed by atoms with Crippen molar-refractivity contribution in [3.8, 4) is 0 Å². The van der Waals surface area contributed by atoms with E-state index in [-0.39, 0.29) is 23.1 Å². The van der Waals surface area contributed by atoms with Crippen LogP contribution in [-0.2, 0) is 4.79 Å². The van der Waals surface area contributed by atoms with E-state index in [0.29, 0.717) is 17.0 Å². The molecule has 2 aromatic rings. The largest absolute Gasteiger partial charge is 0.326 e. The molecule has 2 N–H and O–H groups in total. The van der Waals surface area contributed by atoms with E-state index in [1.165, 1.54) is 24.6 Å². The third-order valence-corrected chi connectivity index (χ3v) is 5.50. The predicted molar refractivity (Wildman–Crippen MR) is 119 cm³/mol. The molecule has 8 nitrogen and oxygen atoms in total. The van der Waals surface area contributed by atoms with Crippen LogP contribution in [0.3, 0.4) is 0 Å². The highest BCUT2D eigenvalue weighted by molar-refractivity contribution is 6.02. The van der Waals surface area contributed by atoms with Gasteiger partial charge < -0.3 is 5.32 Å². The highest BCUT2D eigenvalue weighted by Gasteiger charge is 2.21. The van der Waals surface area contributed by atoms with Crippen LogP contribution in [0.25, 0.3) is 0 Å². The molecule has 0 heterocycles. The summed E-state index contributed by atoms with van der Waals surface area (Å²) in [4.78, 5) is 35.3. The summed E-state index contributed by atoms with van der Waals surface area (Å²) in [6.45, 7) is 3.33. The summed E-state index contributed by atoms with van der Waals surface area (Å²) in [6, 6.07) is 11.5. The van der Waals surface area contributed by atoms with Gasteiger partial charge in [0.25, 0.3) is 11.6 Å². The minimum absolute atomic E-state index is 0.0386. The molecular formula is C23H26N4O4. The van der Waals surface area contributed by atoms with Crippen LogP contribution >= 0.6 is 0 Å². The van der Waals surface area contributed by atoms with E-state index in [0.717, 1.165) is 31.2 Å². The fourth-order valence-electron chi connectivity index (χ4n) is 3.70. The van der Waals surface area contributed by atoms with Crippen LogP contribution in [0.2, 0.25) is 0 Å². The van der Waals surface area contributed by atoms with Gasteiger partial charge >= 0.3 is 0 Å². The number of nitro benzene ring substituents is 1. The number of amides is 2. The maximum absolute atomic E-state index is 12.5. The van der Waals surface area contributed by atoms with Gasteiger partial charge in [0, 0.05) is 28.8 Å². The second-order valence-electron chi connectivity index (χ2n) is 7.80. The van der Waals surface area contributed by atoms with E-state index < -0.39 is 10.8 Å². The zero-order valence-electron chi connectivity index (χ0n) is 17.7. The molecule has 1 fully saturated rings. The Bertz CT molecular complexity index is 1030. The molecule has 0 aliphatic heterocycles. The van der Waals surface area contributed by atoms with Gasteiger partial charge in [-0.3, -0.25) is 19.7 Å². The van der Waals surface area contributed by atoms with Crippen molar-refractivity contribution in [3.05, 3.63) is 69.3 Å². The van der Waals surface area contributed by atoms with Gasteiger partial charge in [-0.1, -0.05) is 31.4 Å². The van der Waals surface area contributed by atoms with Crippen LogP contribution in [0.15, 0.2) is 47.6 Å². The van der Waals surface area contributed by atoms with Crippen molar-refractivity contribution >= 4 is 28.9 Å². The van der Waals surface area contributed by atoms with Crippen molar-refractivity contribution in [1.29, 1.82) is 0 Å². The average Bonchev–Trinajstić information content (AvgIpc) is 2.77. The number of nitro groups is 1. The summed E-state index contributed by atoms with van der Waals surface area (Å²) in [7, 11) is 0. The Morgan fingerprint density at radius 1 is 1.06 bits per heavy atom. The highest BCUT2D eigenvalue weighted by atomic mass is 16.6. The van der Waals surface area contributed by atoms with Gasteiger partial charge in [-0.15, -0.1) is 0 Å². The van der Waals surface area contributed by atoms with E-state index in [1.54, 1.807) is 13.8 Å². The summed E-state index contributed by atoms with van der Waals surface area (Å²) in [6.07, 6.45) is 5.25. The summed E-state index contributed by atoms with van der Waals surface area (Å²) >= 11 is 0. The second kappa shape index (κ2) is 9.97. The van der Waals surface area contributed by atoms with Crippen molar-refractivity contribution in [3.63, 3.8) is 0 Å². The van der Waals surface area contributed by atoms with Crippen molar-refractivity contribution < 1.29 is 14.5 Å². The van der Waals surface area contributed by atoms with Gasteiger partial charge in [-0.25, -0.2) is 5.43 Å². The molecule has 0 saturated heterocycles. The molecule has 8 heteroatoms. The van der Waals surface area contributed by atoms with Crippen molar-refractivity contribution in [2.75, 3.05) is 5.32 Å². The standard InChI is InChI=1S/C23H26N4O4/c1-15-13-19(11-12-21(15)27(30)31)23(29)26-25-16(2)18-9-6-10-20(14-18)24-22(28)17-7-4-3-5-8-17/h6,9-14,17H,3-5,7-8H2,1-2H3,(H,24,28)(H,26,29). The van der Waals surface area contributed by atoms with Crippen molar-refractivity contribution in [2.45, 2.75) is 46.0 Å². The first-order valence-corrected chi connectivity index (χ1v) is 10.4. The minimum atomic E-state index is -0.487. The number of hydrazone groups is 1. The topological polar surface area (TPSA) is 114 Å². The molecule has 0 spiro atoms. The third kappa shape index (κ3) is 5.75. The normalized spacial score (nSPS) is 14.7. The zero-order valence-corrected chi connectivity index (χ0v) is 17.7. The van der Waals surface area contributed by atoms with E-state index in [4.69, 9.17) is 0 Å². The lowest BCUT2D eigenvalue weighted by Crippen LogP contribution is -2.24. The third-order valence-electron chi connectivity index (χ3n) is 5.50. The number of benzene rings is 2. The van der Waals surface area contributed by atoms with E-state index in [9.17, 15) is 19.7 Å². The molecule has 1 saturated carbocycles. The van der Waals surface area contributed by atoms with E-state index >= 15 is 0 Å². The van der Waals surface area contributed by atoms with Crippen LogP contribution in [0.1, 0.15) is 60.5 Å². The molecule has 162 valence electrons. The molecule has 3 rings (SSSR count). The first-order chi connectivity index (χ1) is 14.8. The lowest BCUT2D eigenvalue weighted by molar-refractivity contribution is -0.385. The van der Waals surface area contributed by atoms with Gasteiger partial charge in [-0.05, 0) is 56.5 Å². The van der Waals surface area contributed by atoms with Gasteiger partial charge in [-0.2, -0.15) is 5.10 Å². The summed E-state index contributed by atoms with van der Waals surface area (Å²) < 4.78 is 0. The number of anilines is 1. The van der Waals surface area contributed by atoms with Gasteiger partial charge in [0.05, 0.1) is 10.6 Å². The Kier molecular flexibility index (Phi) is 7.12. The van der Waals surface area contributed by atoms with E-state index in [2.05, 4.69) is 15.8 Å². The summed E-state index contributed by atoms with van der Waals surface area (Å²) in [5.74, 6) is -0.344. The van der Waals surface area contributed by atoms with Crippen LogP contribution in [-0.4, -0.2) is 22.4 Å². The Morgan fingerprint density at radius 3 is 2.48 bits per heavy atom. The molecule has 0 aromatic heterocycles. The fraction of sp³-hybridized carbons (Fsp3) is 0.348. The maximum atomic E-state index is 12.5. The van der Waals surface area contributed by atoms with Crippen LogP contribution in [0, 0.1) is 23.0 Å². The number of nitrogens with one attached hydrogen (secondary N) is 2. The molecule has 0 atom stereocenters. The first-order valence-electron chi connectivity index (χ1n) is 10.4. The molecule has 31 heavy (non-hydrogen) atoms. The second-order valence-corrected chi connectivity index (χ2v) is 7.80. The molecule has 1 aliphatic rings. The Hall–Kier alpha value is -3.55. The molecule has 2 amide bonds. The quantitative estimate of drug-likeness (QED) is 0.403. The van der Waals surface area contributed by atoms with Crippen LogP contribution in [0.4, 0.5) is 11.4 Å². The lowest BCUT2D eigenvalue weighted by Gasteiger charge is -2.20. The predicted octanol–water partition coefficient (Wildman–Crippen LogP) is 4.58. The number of carbonyl (C=O) groups excluding carboxylic acids is 2. The molecule has 1 aliphatic carbocycles. The fourth-order valence-corrected chi connectivity index (χ4v) is 3.70. The monoisotopic (exact) mass is 422 g/mol. The Balaban J connectivity index is 1.65. The summed E-state index contributed by atoms with van der Waals surface area (Å²) in [5.41, 5.74) is 5.16. The van der Waals surface area contributed by atoms with Crippen LogP contribution < -0.4 is 10.7 Å². The number of aryl methyl sites for hydroxylation is 1. The SMILES string of the molecule is CC(=NNC(=O)c1ccc([N+](=O)[O-])c(C)c1)c1cccc(NC(=O)C2CCCCC2)c1. The van der Waals surface area contributed by atoms with Gasteiger partial charge in [0.1, 0.15) is 0 Å². The Labute approximate surface area is 180 Å². The first kappa shape index (κ1) is 22.1. The molecule has 0 radical (unpaired) electrons. The average molecular weight is 422 g/mol. The smallest absolute Gasteiger partial charge is 0.272 e. The highest BCUT2D eigenvalue weighted by Crippen LogP contribution is 2.25. The number of hydrogen-bond acceptors (Lipinski definition) is 5. The van der Waals surface area contributed by atoms with Crippen LogP contribution in [0.5, 0.6) is 0 Å². The van der Waals surface area contributed by atoms with Gasteiger partial charge in [0.2, 0.25) is 5.91 Å². The van der Waals surface area contributed by atoms with E-state index in [1.807, 2.05) is 24.3 Å². The molecule has 2 aromatic carbocycles. The Morgan fingerprint density at radius 2 is 1.81 bits per heavy atom. The van der Waals surface area contributed by atoms with Gasteiger partial charge in [0.15, 0.2) is 0 Å². The minimum Gasteiger partial charge on any atom is -0.326 e. The molecule has 0 bridgehead atoms. The number of hydrogen-bond donors (Lipinski definition) is 2. The number of rotatable bonds is 6. The zero-order chi connectivity index (χ0) is 22.4. The molecular weight excluding hydrogens is 396 g/mol.